The summed E-state index contributed by atoms with van der Waals surface area (Å²) in [5.74, 6) is -0.653. The molecule has 1 aliphatic rings. The van der Waals surface area contributed by atoms with Crippen LogP contribution in [0.5, 0.6) is 5.75 Å². The summed E-state index contributed by atoms with van der Waals surface area (Å²) in [6.45, 7) is 0. The topological polar surface area (TPSA) is 26.3 Å². The summed E-state index contributed by atoms with van der Waals surface area (Å²) < 4.78 is 80.9. The van der Waals surface area contributed by atoms with Crippen molar-refractivity contribution in [3.63, 3.8) is 0 Å². The van der Waals surface area contributed by atoms with E-state index in [1.807, 2.05) is 0 Å². The number of ketones is 1. The first-order chi connectivity index (χ1) is 9.55. The number of hydrogen-bond donors (Lipinski definition) is 0. The van der Waals surface area contributed by atoms with Crippen LogP contribution in [-0.2, 0) is 17.1 Å². The summed E-state index contributed by atoms with van der Waals surface area (Å²) in [6, 6.07) is 1.06. The zero-order valence-electron chi connectivity index (χ0n) is 10.5. The van der Waals surface area contributed by atoms with E-state index < -0.39 is 35.3 Å². The summed E-state index contributed by atoms with van der Waals surface area (Å²) >= 11 is 0. The molecule has 1 saturated carbocycles. The predicted molar refractivity (Wildman–Crippen MR) is 59.7 cm³/mol. The van der Waals surface area contributed by atoms with Gasteiger partial charge in [0.05, 0.1) is 11.1 Å². The summed E-state index contributed by atoms with van der Waals surface area (Å²) in [6.07, 6.45) is -10.00. The molecule has 1 fully saturated rings. The largest absolute Gasteiger partial charge is 0.490 e. The molecule has 0 amide bonds. The van der Waals surface area contributed by atoms with Gasteiger partial charge in [0, 0.05) is 12.8 Å². The molecule has 0 radical (unpaired) electrons. The van der Waals surface area contributed by atoms with E-state index in [0.29, 0.717) is 12.1 Å². The van der Waals surface area contributed by atoms with Gasteiger partial charge in [-0.15, -0.1) is 0 Å². The fourth-order valence-corrected chi connectivity index (χ4v) is 2.07. The van der Waals surface area contributed by atoms with Crippen molar-refractivity contribution in [2.24, 2.45) is 0 Å². The number of carbonyl (C=O) groups excluding carboxylic acids is 1. The molecular formula is C13H10F6O2. The first kappa shape index (κ1) is 15.7. The van der Waals surface area contributed by atoms with Crippen LogP contribution in [0.3, 0.4) is 0 Å². The molecule has 116 valence electrons. The Morgan fingerprint density at radius 3 is 1.86 bits per heavy atom. The van der Waals surface area contributed by atoms with Crippen molar-refractivity contribution < 1.29 is 35.9 Å². The number of ether oxygens (including phenoxy) is 1. The SMILES string of the molecule is O=C1CCC(Oc2cc(C(F)(F)F)cc(C(F)(F)F)c2)C1. The second-order valence-corrected chi connectivity index (χ2v) is 4.76. The maximum Gasteiger partial charge on any atom is 0.416 e. The minimum Gasteiger partial charge on any atom is -0.490 e. The van der Waals surface area contributed by atoms with Crippen molar-refractivity contribution in [3.05, 3.63) is 29.3 Å². The molecule has 8 heteroatoms. The monoisotopic (exact) mass is 312 g/mol. The van der Waals surface area contributed by atoms with Crippen molar-refractivity contribution >= 4 is 5.78 Å². The number of alkyl halides is 6. The van der Waals surface area contributed by atoms with E-state index in [1.165, 1.54) is 0 Å². The molecule has 1 aliphatic carbocycles. The third kappa shape index (κ3) is 3.89. The van der Waals surface area contributed by atoms with Gasteiger partial charge in [0.1, 0.15) is 17.6 Å². The number of Topliss-reactive ketones (excluding diaryl/α,β-unsaturated/α-hetero) is 1. The normalized spacial score (nSPS) is 19.9. The fourth-order valence-electron chi connectivity index (χ4n) is 2.07. The average molecular weight is 312 g/mol. The van der Waals surface area contributed by atoms with Gasteiger partial charge >= 0.3 is 12.4 Å². The van der Waals surface area contributed by atoms with E-state index in [2.05, 4.69) is 0 Å². The molecular weight excluding hydrogens is 302 g/mol. The van der Waals surface area contributed by atoms with E-state index in [0.717, 1.165) is 0 Å². The van der Waals surface area contributed by atoms with Crippen LogP contribution in [-0.4, -0.2) is 11.9 Å². The standard InChI is InChI=1S/C13H10F6O2/c14-12(15,16)7-3-8(13(17,18)19)5-11(4-7)21-10-2-1-9(20)6-10/h3-5,10H,1-2,6H2. The van der Waals surface area contributed by atoms with Gasteiger partial charge in [-0.25, -0.2) is 0 Å². The lowest BCUT2D eigenvalue weighted by Gasteiger charge is -2.17. The molecule has 0 aliphatic heterocycles. The van der Waals surface area contributed by atoms with E-state index in [1.54, 1.807) is 0 Å². The van der Waals surface area contributed by atoms with Crippen LogP contribution >= 0.6 is 0 Å². The van der Waals surface area contributed by atoms with Crippen LogP contribution in [0.25, 0.3) is 0 Å². The lowest BCUT2D eigenvalue weighted by atomic mass is 10.1. The third-order valence-electron chi connectivity index (χ3n) is 3.06. The molecule has 0 N–H and O–H groups in total. The summed E-state index contributed by atoms with van der Waals surface area (Å²) in [5.41, 5.74) is -2.87. The van der Waals surface area contributed by atoms with E-state index in [-0.39, 0.29) is 31.1 Å². The quantitative estimate of drug-likeness (QED) is 0.764. The first-order valence-electron chi connectivity index (χ1n) is 6.03. The smallest absolute Gasteiger partial charge is 0.416 e. The van der Waals surface area contributed by atoms with Crippen LogP contribution < -0.4 is 4.74 Å². The van der Waals surface area contributed by atoms with Crippen molar-refractivity contribution in [1.29, 1.82) is 0 Å². The van der Waals surface area contributed by atoms with Crippen LogP contribution in [0.2, 0.25) is 0 Å². The molecule has 1 aromatic rings. The van der Waals surface area contributed by atoms with E-state index >= 15 is 0 Å². The molecule has 2 nitrogen and oxygen atoms in total. The molecule has 1 aromatic carbocycles. The lowest BCUT2D eigenvalue weighted by molar-refractivity contribution is -0.143. The first-order valence-corrected chi connectivity index (χ1v) is 6.03. The Balaban J connectivity index is 2.33. The maximum absolute atomic E-state index is 12.6. The van der Waals surface area contributed by atoms with Crippen molar-refractivity contribution in [2.75, 3.05) is 0 Å². The third-order valence-corrected chi connectivity index (χ3v) is 3.06. The van der Waals surface area contributed by atoms with Crippen molar-refractivity contribution in [1.82, 2.24) is 0 Å². The molecule has 0 aromatic heterocycles. The average Bonchev–Trinajstić information content (AvgIpc) is 2.72. The van der Waals surface area contributed by atoms with Gasteiger partial charge in [-0.05, 0) is 24.6 Å². The molecule has 21 heavy (non-hydrogen) atoms. The van der Waals surface area contributed by atoms with E-state index in [9.17, 15) is 31.1 Å². The van der Waals surface area contributed by atoms with Crippen LogP contribution in [0.15, 0.2) is 18.2 Å². The Morgan fingerprint density at radius 1 is 0.952 bits per heavy atom. The summed E-state index contributed by atoms with van der Waals surface area (Å²) in [4.78, 5) is 11.1. The second-order valence-electron chi connectivity index (χ2n) is 4.76. The van der Waals surface area contributed by atoms with Gasteiger partial charge in [-0.3, -0.25) is 4.79 Å². The van der Waals surface area contributed by atoms with Gasteiger partial charge in [0.25, 0.3) is 0 Å². The lowest BCUT2D eigenvalue weighted by Crippen LogP contribution is -2.15. The molecule has 0 bridgehead atoms. The van der Waals surface area contributed by atoms with E-state index in [4.69, 9.17) is 4.74 Å². The molecule has 2 rings (SSSR count). The Labute approximate surface area is 115 Å². The highest BCUT2D eigenvalue weighted by Gasteiger charge is 2.37. The Hall–Kier alpha value is -1.73. The molecule has 0 saturated heterocycles. The van der Waals surface area contributed by atoms with Crippen LogP contribution in [0.1, 0.15) is 30.4 Å². The van der Waals surface area contributed by atoms with Crippen molar-refractivity contribution in [3.8, 4) is 5.75 Å². The minimum atomic E-state index is -4.91. The van der Waals surface area contributed by atoms with Gasteiger partial charge in [-0.2, -0.15) is 26.3 Å². The van der Waals surface area contributed by atoms with Crippen LogP contribution in [0.4, 0.5) is 26.3 Å². The zero-order chi connectivity index (χ0) is 15.8. The Morgan fingerprint density at radius 2 is 1.48 bits per heavy atom. The number of carbonyl (C=O) groups is 1. The number of halogens is 6. The van der Waals surface area contributed by atoms with Gasteiger partial charge in [0.15, 0.2) is 0 Å². The van der Waals surface area contributed by atoms with Crippen LogP contribution in [0, 0.1) is 0 Å². The Kier molecular flexibility index (Phi) is 3.90. The molecule has 0 heterocycles. The predicted octanol–water partition coefficient (Wildman–Crippen LogP) is 4.22. The number of hydrogen-bond acceptors (Lipinski definition) is 2. The Bertz CT molecular complexity index is 514. The fraction of sp³-hybridized carbons (Fsp3) is 0.462. The highest BCUT2D eigenvalue weighted by Crippen LogP contribution is 2.38. The number of benzene rings is 1. The van der Waals surface area contributed by atoms with Gasteiger partial charge < -0.3 is 4.74 Å². The van der Waals surface area contributed by atoms with Gasteiger partial charge in [-0.1, -0.05) is 0 Å². The highest BCUT2D eigenvalue weighted by molar-refractivity contribution is 5.81. The summed E-state index contributed by atoms with van der Waals surface area (Å²) in [5, 5.41) is 0. The minimum absolute atomic E-state index is 0.00238. The highest BCUT2D eigenvalue weighted by atomic mass is 19.4. The molecule has 1 unspecified atom stereocenters. The summed E-state index contributed by atoms with van der Waals surface area (Å²) in [7, 11) is 0. The zero-order valence-corrected chi connectivity index (χ0v) is 10.5. The molecule has 1 atom stereocenters. The number of rotatable bonds is 2. The van der Waals surface area contributed by atoms with Gasteiger partial charge in [0.2, 0.25) is 0 Å². The van der Waals surface area contributed by atoms with Crippen molar-refractivity contribution in [2.45, 2.75) is 37.7 Å². The molecule has 0 spiro atoms. The maximum atomic E-state index is 12.6. The second kappa shape index (κ2) is 5.23.